The van der Waals surface area contributed by atoms with Crippen molar-refractivity contribution in [1.82, 2.24) is 9.62 Å². The molecule has 0 spiro atoms. The van der Waals surface area contributed by atoms with Crippen LogP contribution in [-0.2, 0) is 20.6 Å². The number of carbonyl (C=O) groups excluding carboxylic acids is 1. The molecule has 0 bridgehead atoms. The first-order valence-corrected chi connectivity index (χ1v) is 10.2. The molecule has 1 aliphatic heterocycles. The molecule has 1 aromatic rings. The molecule has 1 aromatic carbocycles. The fourth-order valence-electron chi connectivity index (χ4n) is 2.79. The van der Waals surface area contributed by atoms with Crippen molar-refractivity contribution in [2.45, 2.75) is 32.1 Å². The van der Waals surface area contributed by atoms with Crippen molar-refractivity contribution in [2.75, 3.05) is 32.7 Å². The molecule has 1 saturated heterocycles. The minimum atomic E-state index is -3.29. The molecule has 1 amide bonds. The van der Waals surface area contributed by atoms with E-state index in [-0.39, 0.29) is 17.7 Å². The first-order valence-electron chi connectivity index (χ1n) is 8.55. The Hall–Kier alpha value is -1.44. The molecule has 2 N–H and O–H groups in total. The maximum absolute atomic E-state index is 12.5. The van der Waals surface area contributed by atoms with E-state index in [1.54, 1.807) is 4.31 Å². The lowest BCUT2D eigenvalue weighted by Crippen LogP contribution is -3.15. The molecule has 0 saturated carbocycles. The average molecular weight is 354 g/mol. The molecule has 7 heteroatoms. The predicted molar refractivity (Wildman–Crippen MR) is 94.1 cm³/mol. The Kier molecular flexibility index (Phi) is 6.77. The standard InChI is InChI=1S/C17H27N3O3S/c1-3-15(2)18-17(21)13-19-9-11-20(12-10-19)24(22,23)14-16-7-5-4-6-8-16/h4-8,15H,3,9-14H2,1-2H3,(H,18,21)/p+1/t15-/m1/s1. The minimum absolute atomic E-state index is 0.0394. The Morgan fingerprint density at radius 2 is 1.88 bits per heavy atom. The quantitative estimate of drug-likeness (QED) is 0.702. The van der Waals surface area contributed by atoms with E-state index in [1.165, 1.54) is 0 Å². The molecule has 0 aliphatic carbocycles. The van der Waals surface area contributed by atoms with Gasteiger partial charge < -0.3 is 10.2 Å². The number of carbonyl (C=O) groups is 1. The molecule has 1 aliphatic rings. The maximum Gasteiger partial charge on any atom is 0.275 e. The van der Waals surface area contributed by atoms with Gasteiger partial charge in [-0.15, -0.1) is 0 Å². The van der Waals surface area contributed by atoms with Crippen LogP contribution in [0.1, 0.15) is 25.8 Å². The number of hydrogen-bond acceptors (Lipinski definition) is 3. The summed E-state index contributed by atoms with van der Waals surface area (Å²) in [5.74, 6) is 0.0810. The molecule has 2 rings (SSSR count). The number of hydrogen-bond donors (Lipinski definition) is 2. The zero-order chi connectivity index (χ0) is 17.6. The Bertz CT molecular complexity index is 626. The SMILES string of the molecule is CC[C@@H](C)NC(=O)C[NH+]1CCN(S(=O)(=O)Cc2ccccc2)CC1. The number of nitrogens with zero attached hydrogens (tertiary/aromatic N) is 1. The van der Waals surface area contributed by atoms with Gasteiger partial charge in [-0.05, 0) is 18.9 Å². The highest BCUT2D eigenvalue weighted by Crippen LogP contribution is 2.10. The number of quaternary nitrogens is 1. The molecule has 1 fully saturated rings. The van der Waals surface area contributed by atoms with E-state index in [0.29, 0.717) is 32.7 Å². The first kappa shape index (κ1) is 18.9. The zero-order valence-corrected chi connectivity index (χ0v) is 15.3. The van der Waals surface area contributed by atoms with Gasteiger partial charge in [0, 0.05) is 6.04 Å². The fourth-order valence-corrected chi connectivity index (χ4v) is 4.32. The van der Waals surface area contributed by atoms with Crippen LogP contribution in [0.4, 0.5) is 0 Å². The third-order valence-electron chi connectivity index (χ3n) is 4.45. The number of amides is 1. The van der Waals surface area contributed by atoms with Gasteiger partial charge in [0.15, 0.2) is 6.54 Å². The summed E-state index contributed by atoms with van der Waals surface area (Å²) in [6, 6.07) is 9.43. The summed E-state index contributed by atoms with van der Waals surface area (Å²) < 4.78 is 26.6. The summed E-state index contributed by atoms with van der Waals surface area (Å²) in [5, 5.41) is 2.96. The van der Waals surface area contributed by atoms with Gasteiger partial charge in [-0.2, -0.15) is 4.31 Å². The number of piperazine rings is 1. The molecule has 6 nitrogen and oxygen atoms in total. The summed E-state index contributed by atoms with van der Waals surface area (Å²) in [7, 11) is -3.29. The van der Waals surface area contributed by atoms with E-state index in [0.717, 1.165) is 16.9 Å². The molecule has 1 atom stereocenters. The Morgan fingerprint density at radius 3 is 2.46 bits per heavy atom. The van der Waals surface area contributed by atoms with Crippen molar-refractivity contribution in [3.05, 3.63) is 35.9 Å². The van der Waals surface area contributed by atoms with Crippen LogP contribution in [0.2, 0.25) is 0 Å². The van der Waals surface area contributed by atoms with Crippen LogP contribution in [0.15, 0.2) is 30.3 Å². The number of sulfonamides is 1. The maximum atomic E-state index is 12.5. The van der Waals surface area contributed by atoms with Gasteiger partial charge in [-0.1, -0.05) is 37.3 Å². The highest BCUT2D eigenvalue weighted by molar-refractivity contribution is 7.88. The van der Waals surface area contributed by atoms with E-state index in [4.69, 9.17) is 0 Å². The number of nitrogens with one attached hydrogen (secondary N) is 2. The van der Waals surface area contributed by atoms with E-state index >= 15 is 0 Å². The zero-order valence-electron chi connectivity index (χ0n) is 14.5. The van der Waals surface area contributed by atoms with Gasteiger partial charge in [-0.25, -0.2) is 8.42 Å². The number of benzene rings is 1. The van der Waals surface area contributed by atoms with Crippen LogP contribution in [0.25, 0.3) is 0 Å². The van der Waals surface area contributed by atoms with Crippen LogP contribution in [0.5, 0.6) is 0 Å². The van der Waals surface area contributed by atoms with Gasteiger partial charge in [0.05, 0.1) is 31.9 Å². The summed E-state index contributed by atoms with van der Waals surface area (Å²) in [4.78, 5) is 13.1. The Balaban J connectivity index is 1.82. The molecule has 0 unspecified atom stereocenters. The summed E-state index contributed by atoms with van der Waals surface area (Å²) in [5.41, 5.74) is 0.806. The summed E-state index contributed by atoms with van der Waals surface area (Å²) in [6.07, 6.45) is 0.909. The molecule has 134 valence electrons. The molecular formula is C17H28N3O3S+. The second kappa shape index (κ2) is 8.60. The molecule has 0 aromatic heterocycles. The van der Waals surface area contributed by atoms with Gasteiger partial charge in [0.2, 0.25) is 10.0 Å². The van der Waals surface area contributed by atoms with Gasteiger partial charge >= 0.3 is 0 Å². The minimum Gasteiger partial charge on any atom is -0.349 e. The first-order chi connectivity index (χ1) is 11.4. The smallest absolute Gasteiger partial charge is 0.275 e. The second-order valence-corrected chi connectivity index (χ2v) is 8.41. The van der Waals surface area contributed by atoms with Crippen LogP contribution in [0.3, 0.4) is 0 Å². The highest BCUT2D eigenvalue weighted by Gasteiger charge is 2.30. The highest BCUT2D eigenvalue weighted by atomic mass is 32.2. The molecule has 1 heterocycles. The van der Waals surface area contributed by atoms with Crippen LogP contribution < -0.4 is 10.2 Å². The van der Waals surface area contributed by atoms with E-state index < -0.39 is 10.0 Å². The summed E-state index contributed by atoms with van der Waals surface area (Å²) >= 11 is 0. The van der Waals surface area contributed by atoms with E-state index in [9.17, 15) is 13.2 Å². The van der Waals surface area contributed by atoms with Crippen LogP contribution in [-0.4, -0.2) is 57.4 Å². The third kappa shape index (κ3) is 5.58. The second-order valence-electron chi connectivity index (χ2n) is 6.44. The van der Waals surface area contributed by atoms with Crippen LogP contribution >= 0.6 is 0 Å². The lowest BCUT2D eigenvalue weighted by Gasteiger charge is -2.31. The Morgan fingerprint density at radius 1 is 1.25 bits per heavy atom. The monoisotopic (exact) mass is 354 g/mol. The lowest BCUT2D eigenvalue weighted by molar-refractivity contribution is -0.895. The van der Waals surface area contributed by atoms with Crippen LogP contribution in [0, 0.1) is 0 Å². The predicted octanol–water partition coefficient (Wildman–Crippen LogP) is -0.368. The normalized spacial score (nSPS) is 18.2. The topological polar surface area (TPSA) is 70.9 Å². The lowest BCUT2D eigenvalue weighted by atomic mass is 10.2. The van der Waals surface area contributed by atoms with E-state index in [2.05, 4.69) is 5.32 Å². The van der Waals surface area contributed by atoms with Gasteiger partial charge in [-0.3, -0.25) is 4.79 Å². The van der Waals surface area contributed by atoms with Crippen molar-refractivity contribution in [3.8, 4) is 0 Å². The number of rotatable bonds is 7. The van der Waals surface area contributed by atoms with Gasteiger partial charge in [0.25, 0.3) is 5.91 Å². The Labute approximate surface area is 144 Å². The molecular weight excluding hydrogens is 326 g/mol. The van der Waals surface area contributed by atoms with Crippen molar-refractivity contribution >= 4 is 15.9 Å². The van der Waals surface area contributed by atoms with Crippen molar-refractivity contribution in [3.63, 3.8) is 0 Å². The fraction of sp³-hybridized carbons (Fsp3) is 0.588. The summed E-state index contributed by atoms with van der Waals surface area (Å²) in [6.45, 7) is 6.72. The largest absolute Gasteiger partial charge is 0.349 e. The third-order valence-corrected chi connectivity index (χ3v) is 6.30. The van der Waals surface area contributed by atoms with E-state index in [1.807, 2.05) is 44.2 Å². The average Bonchev–Trinajstić information content (AvgIpc) is 2.55. The van der Waals surface area contributed by atoms with Crippen molar-refractivity contribution in [1.29, 1.82) is 0 Å². The van der Waals surface area contributed by atoms with Gasteiger partial charge in [0.1, 0.15) is 0 Å². The van der Waals surface area contributed by atoms with Crippen molar-refractivity contribution in [2.24, 2.45) is 0 Å². The molecule has 0 radical (unpaired) electrons. The molecule has 24 heavy (non-hydrogen) atoms. The van der Waals surface area contributed by atoms with Crippen molar-refractivity contribution < 1.29 is 18.1 Å².